The van der Waals surface area contributed by atoms with E-state index in [4.69, 9.17) is 4.74 Å². The lowest BCUT2D eigenvalue weighted by Crippen LogP contribution is -2.36. The Hall–Kier alpha value is -1.84. The zero-order valence-electron chi connectivity index (χ0n) is 12.1. The van der Waals surface area contributed by atoms with Crippen LogP contribution in [0, 0.1) is 0 Å². The summed E-state index contributed by atoms with van der Waals surface area (Å²) in [5.41, 5.74) is 2.55. The molecule has 1 aliphatic rings. The Morgan fingerprint density at radius 3 is 2.57 bits per heavy atom. The minimum atomic E-state index is 0.173. The van der Waals surface area contributed by atoms with Gasteiger partial charge in [-0.15, -0.1) is 0 Å². The Bertz CT molecular complexity index is 545. The highest BCUT2D eigenvalue weighted by molar-refractivity contribution is 5.37. The molecule has 0 radical (unpaired) electrons. The van der Waals surface area contributed by atoms with E-state index in [0.717, 1.165) is 25.3 Å². The summed E-state index contributed by atoms with van der Waals surface area (Å²) in [5.74, 6) is 1.01. The summed E-state index contributed by atoms with van der Waals surface area (Å²) in [4.78, 5) is 2.26. The third-order valence-electron chi connectivity index (χ3n) is 3.84. The van der Waals surface area contributed by atoms with Crippen LogP contribution in [0.2, 0.25) is 0 Å². The number of ether oxygens (including phenoxy) is 1. The standard InChI is InChI=1S/C18H21NO2/c20-11-10-19(13-15-6-2-1-3-7-15)14-17-12-16-8-4-5-9-18(16)21-17/h1-9,17,20H,10-14H2. The van der Waals surface area contributed by atoms with Crippen molar-refractivity contribution in [2.24, 2.45) is 0 Å². The van der Waals surface area contributed by atoms with Gasteiger partial charge >= 0.3 is 0 Å². The van der Waals surface area contributed by atoms with Gasteiger partial charge in [0.25, 0.3) is 0 Å². The Balaban J connectivity index is 1.61. The second-order valence-corrected chi connectivity index (χ2v) is 5.50. The number of nitrogens with zero attached hydrogens (tertiary/aromatic N) is 1. The number of hydrogen-bond donors (Lipinski definition) is 1. The van der Waals surface area contributed by atoms with Gasteiger partial charge in [0.1, 0.15) is 11.9 Å². The number of rotatable bonds is 6. The first-order valence-corrected chi connectivity index (χ1v) is 7.47. The first-order chi connectivity index (χ1) is 10.3. The van der Waals surface area contributed by atoms with Crippen LogP contribution < -0.4 is 4.74 Å². The molecule has 0 aromatic heterocycles. The van der Waals surface area contributed by atoms with Crippen molar-refractivity contribution in [3.8, 4) is 5.75 Å². The van der Waals surface area contributed by atoms with Gasteiger partial charge in [-0.2, -0.15) is 0 Å². The molecule has 2 aromatic rings. The van der Waals surface area contributed by atoms with Gasteiger partial charge in [-0.1, -0.05) is 48.5 Å². The molecule has 1 atom stereocenters. The van der Waals surface area contributed by atoms with E-state index < -0.39 is 0 Å². The molecule has 1 N–H and O–H groups in total. The summed E-state index contributed by atoms with van der Waals surface area (Å²) >= 11 is 0. The Kier molecular flexibility index (Phi) is 4.53. The summed E-state index contributed by atoms with van der Waals surface area (Å²) in [7, 11) is 0. The third kappa shape index (κ3) is 3.63. The fourth-order valence-corrected chi connectivity index (χ4v) is 2.86. The molecule has 1 heterocycles. The van der Waals surface area contributed by atoms with Crippen molar-refractivity contribution in [1.82, 2.24) is 4.90 Å². The summed E-state index contributed by atoms with van der Waals surface area (Å²) in [6.07, 6.45) is 1.13. The number of aliphatic hydroxyl groups is 1. The normalized spacial score (nSPS) is 16.8. The Labute approximate surface area is 125 Å². The lowest BCUT2D eigenvalue weighted by molar-refractivity contribution is 0.124. The molecule has 0 saturated carbocycles. The molecule has 0 fully saturated rings. The molecule has 0 saturated heterocycles. The summed E-state index contributed by atoms with van der Waals surface area (Å²) in [6, 6.07) is 18.6. The van der Waals surface area contributed by atoms with Gasteiger partial charge in [0.05, 0.1) is 6.61 Å². The third-order valence-corrected chi connectivity index (χ3v) is 3.84. The van der Waals surface area contributed by atoms with Gasteiger partial charge in [0, 0.05) is 26.1 Å². The predicted octanol–water partition coefficient (Wildman–Crippen LogP) is 2.48. The van der Waals surface area contributed by atoms with Crippen LogP contribution in [0.5, 0.6) is 5.75 Å². The maximum atomic E-state index is 9.28. The van der Waals surface area contributed by atoms with E-state index in [1.54, 1.807) is 0 Å². The molecule has 21 heavy (non-hydrogen) atoms. The number of benzene rings is 2. The van der Waals surface area contributed by atoms with Crippen LogP contribution in [0.1, 0.15) is 11.1 Å². The maximum Gasteiger partial charge on any atom is 0.123 e. The molecule has 3 nitrogen and oxygen atoms in total. The van der Waals surface area contributed by atoms with E-state index in [0.29, 0.717) is 6.54 Å². The quantitative estimate of drug-likeness (QED) is 0.884. The van der Waals surface area contributed by atoms with Gasteiger partial charge in [0.2, 0.25) is 0 Å². The monoisotopic (exact) mass is 283 g/mol. The molecule has 110 valence electrons. The second kappa shape index (κ2) is 6.74. The molecule has 1 aliphatic heterocycles. The smallest absolute Gasteiger partial charge is 0.123 e. The van der Waals surface area contributed by atoms with E-state index in [1.807, 2.05) is 30.3 Å². The molecule has 2 aromatic carbocycles. The van der Waals surface area contributed by atoms with Crippen LogP contribution in [0.4, 0.5) is 0 Å². The summed E-state index contributed by atoms with van der Waals surface area (Å²) in [5, 5.41) is 9.28. The zero-order valence-corrected chi connectivity index (χ0v) is 12.1. The van der Waals surface area contributed by atoms with Crippen molar-refractivity contribution in [3.63, 3.8) is 0 Å². The number of hydrogen-bond acceptors (Lipinski definition) is 3. The van der Waals surface area contributed by atoms with Crippen molar-refractivity contribution in [1.29, 1.82) is 0 Å². The lowest BCUT2D eigenvalue weighted by Gasteiger charge is -2.24. The average molecular weight is 283 g/mol. The second-order valence-electron chi connectivity index (χ2n) is 5.50. The lowest BCUT2D eigenvalue weighted by atomic mass is 10.1. The molecular weight excluding hydrogens is 262 g/mol. The molecule has 0 bridgehead atoms. The van der Waals surface area contributed by atoms with Crippen LogP contribution in [0.15, 0.2) is 54.6 Å². The van der Waals surface area contributed by atoms with Crippen molar-refractivity contribution in [3.05, 3.63) is 65.7 Å². The molecule has 0 spiro atoms. The molecule has 1 unspecified atom stereocenters. The van der Waals surface area contributed by atoms with Crippen LogP contribution in [0.3, 0.4) is 0 Å². The minimum absolute atomic E-state index is 0.173. The van der Waals surface area contributed by atoms with Gasteiger partial charge in [-0.05, 0) is 17.2 Å². The molecule has 0 aliphatic carbocycles. The highest BCUT2D eigenvalue weighted by atomic mass is 16.5. The van der Waals surface area contributed by atoms with E-state index in [-0.39, 0.29) is 12.7 Å². The summed E-state index contributed by atoms with van der Waals surface area (Å²) < 4.78 is 6.00. The van der Waals surface area contributed by atoms with Crippen molar-refractivity contribution >= 4 is 0 Å². The van der Waals surface area contributed by atoms with E-state index in [9.17, 15) is 5.11 Å². The van der Waals surface area contributed by atoms with Gasteiger partial charge in [-0.3, -0.25) is 4.90 Å². The molecule has 0 amide bonds. The number of para-hydroxylation sites is 1. The maximum absolute atomic E-state index is 9.28. The first kappa shape index (κ1) is 14.1. The zero-order chi connectivity index (χ0) is 14.5. The van der Waals surface area contributed by atoms with E-state index >= 15 is 0 Å². The molecular formula is C18H21NO2. The van der Waals surface area contributed by atoms with Crippen LogP contribution >= 0.6 is 0 Å². The van der Waals surface area contributed by atoms with Gasteiger partial charge < -0.3 is 9.84 Å². The number of fused-ring (bicyclic) bond motifs is 1. The Morgan fingerprint density at radius 1 is 1.05 bits per heavy atom. The highest BCUT2D eigenvalue weighted by Gasteiger charge is 2.24. The summed E-state index contributed by atoms with van der Waals surface area (Å²) in [6.45, 7) is 2.53. The number of aliphatic hydroxyl groups excluding tert-OH is 1. The SMILES string of the molecule is OCCN(Cc1ccccc1)CC1Cc2ccccc2O1. The molecule has 3 rings (SSSR count). The van der Waals surface area contributed by atoms with Crippen LogP contribution in [0.25, 0.3) is 0 Å². The largest absolute Gasteiger partial charge is 0.488 e. The van der Waals surface area contributed by atoms with Crippen molar-refractivity contribution < 1.29 is 9.84 Å². The highest BCUT2D eigenvalue weighted by Crippen LogP contribution is 2.28. The van der Waals surface area contributed by atoms with Crippen LogP contribution in [-0.4, -0.2) is 35.8 Å². The topological polar surface area (TPSA) is 32.7 Å². The van der Waals surface area contributed by atoms with Gasteiger partial charge in [0.15, 0.2) is 0 Å². The fraction of sp³-hybridized carbons (Fsp3) is 0.333. The predicted molar refractivity (Wildman–Crippen MR) is 83.4 cm³/mol. The van der Waals surface area contributed by atoms with Crippen LogP contribution in [-0.2, 0) is 13.0 Å². The van der Waals surface area contributed by atoms with E-state index in [2.05, 4.69) is 29.2 Å². The minimum Gasteiger partial charge on any atom is -0.488 e. The van der Waals surface area contributed by atoms with Gasteiger partial charge in [-0.25, -0.2) is 0 Å². The van der Waals surface area contributed by atoms with Crippen molar-refractivity contribution in [2.45, 2.75) is 19.1 Å². The van der Waals surface area contributed by atoms with Crippen molar-refractivity contribution in [2.75, 3.05) is 19.7 Å². The Morgan fingerprint density at radius 2 is 1.81 bits per heavy atom. The van der Waals surface area contributed by atoms with E-state index in [1.165, 1.54) is 11.1 Å². The fourth-order valence-electron chi connectivity index (χ4n) is 2.86. The molecule has 3 heteroatoms. The first-order valence-electron chi connectivity index (χ1n) is 7.47. The average Bonchev–Trinajstić information content (AvgIpc) is 2.90.